The molecule has 3 heteroatoms. The molecule has 0 aliphatic rings. The Hall–Kier alpha value is -0.643. The second-order valence-corrected chi connectivity index (χ2v) is 5.31. The number of rotatable bonds is 3. The van der Waals surface area contributed by atoms with Gasteiger partial charge in [0.1, 0.15) is 0 Å². The van der Waals surface area contributed by atoms with Gasteiger partial charge in [-0.15, -0.1) is 0 Å². The zero-order valence-corrected chi connectivity index (χ0v) is 10.5. The summed E-state index contributed by atoms with van der Waals surface area (Å²) in [6.07, 6.45) is 0. The second kappa shape index (κ2) is 4.73. The Morgan fingerprint density at radius 1 is 0.929 bits per heavy atom. The summed E-state index contributed by atoms with van der Waals surface area (Å²) in [5.41, 5.74) is 3.95. The highest BCUT2D eigenvalue weighted by atomic mass is 28.3. The SMILES string of the molecule is CO[Si](OC)c1ccc(C)c(C)c1C. The van der Waals surface area contributed by atoms with Gasteiger partial charge in [-0.2, -0.15) is 0 Å². The molecule has 0 N–H and O–H groups in total. The third-order valence-corrected chi connectivity index (χ3v) is 4.37. The average Bonchev–Trinajstić information content (AvgIpc) is 2.19. The lowest BCUT2D eigenvalue weighted by Gasteiger charge is -2.15. The molecule has 1 aromatic carbocycles. The van der Waals surface area contributed by atoms with Crippen molar-refractivity contribution >= 4 is 14.5 Å². The molecular formula is C11H17O2Si. The van der Waals surface area contributed by atoms with Crippen LogP contribution in [0, 0.1) is 20.8 Å². The Labute approximate surface area is 87.7 Å². The number of hydrogen-bond donors (Lipinski definition) is 0. The standard InChI is InChI=1S/C11H17O2Si/c1-8-6-7-11(10(3)9(8)2)14(12-4)13-5/h6-7H,1-5H3. The van der Waals surface area contributed by atoms with Gasteiger partial charge >= 0.3 is 9.28 Å². The highest BCUT2D eigenvalue weighted by molar-refractivity contribution is 6.61. The highest BCUT2D eigenvalue weighted by Gasteiger charge is 2.19. The second-order valence-electron chi connectivity index (χ2n) is 3.38. The molecule has 0 saturated heterocycles. The van der Waals surface area contributed by atoms with E-state index in [2.05, 4.69) is 32.9 Å². The molecule has 1 rings (SSSR count). The summed E-state index contributed by atoms with van der Waals surface area (Å²) in [5, 5.41) is 1.21. The summed E-state index contributed by atoms with van der Waals surface area (Å²) >= 11 is 0. The van der Waals surface area contributed by atoms with Gasteiger partial charge in [-0.1, -0.05) is 12.1 Å². The summed E-state index contributed by atoms with van der Waals surface area (Å²) in [6, 6.07) is 4.24. The van der Waals surface area contributed by atoms with Gasteiger partial charge < -0.3 is 8.85 Å². The molecule has 0 aliphatic carbocycles. The molecule has 1 aromatic rings. The van der Waals surface area contributed by atoms with E-state index < -0.39 is 9.28 Å². The number of hydrogen-bond acceptors (Lipinski definition) is 2. The van der Waals surface area contributed by atoms with Crippen molar-refractivity contribution in [3.63, 3.8) is 0 Å². The molecule has 0 unspecified atom stereocenters. The summed E-state index contributed by atoms with van der Waals surface area (Å²) in [5.74, 6) is 0. The first-order valence-electron chi connectivity index (χ1n) is 4.64. The van der Waals surface area contributed by atoms with E-state index in [-0.39, 0.29) is 0 Å². The molecule has 0 aromatic heterocycles. The molecule has 1 radical (unpaired) electrons. The lowest BCUT2D eigenvalue weighted by atomic mass is 10.1. The van der Waals surface area contributed by atoms with Crippen LogP contribution >= 0.6 is 0 Å². The summed E-state index contributed by atoms with van der Waals surface area (Å²) in [6.45, 7) is 6.39. The Balaban J connectivity index is 3.16. The van der Waals surface area contributed by atoms with E-state index in [1.165, 1.54) is 21.9 Å². The molecular weight excluding hydrogens is 192 g/mol. The van der Waals surface area contributed by atoms with Crippen LogP contribution in [0.2, 0.25) is 0 Å². The van der Waals surface area contributed by atoms with E-state index in [1.807, 2.05) is 0 Å². The largest absolute Gasteiger partial charge is 0.423 e. The van der Waals surface area contributed by atoms with E-state index in [9.17, 15) is 0 Å². The minimum absolute atomic E-state index is 1.21. The Bertz CT molecular complexity index is 319. The van der Waals surface area contributed by atoms with Crippen LogP contribution in [0.25, 0.3) is 0 Å². The molecule has 0 atom stereocenters. The van der Waals surface area contributed by atoms with Crippen molar-refractivity contribution in [1.29, 1.82) is 0 Å². The van der Waals surface area contributed by atoms with Crippen molar-refractivity contribution in [3.8, 4) is 0 Å². The van der Waals surface area contributed by atoms with Crippen molar-refractivity contribution in [3.05, 3.63) is 28.8 Å². The summed E-state index contributed by atoms with van der Waals surface area (Å²) in [7, 11) is 2.13. The van der Waals surface area contributed by atoms with Crippen LogP contribution in [0.4, 0.5) is 0 Å². The van der Waals surface area contributed by atoms with E-state index in [4.69, 9.17) is 8.85 Å². The fraction of sp³-hybridized carbons (Fsp3) is 0.455. The van der Waals surface area contributed by atoms with Gasteiger partial charge in [0.2, 0.25) is 0 Å². The maximum atomic E-state index is 5.34. The van der Waals surface area contributed by atoms with Gasteiger partial charge in [-0.3, -0.25) is 0 Å². The van der Waals surface area contributed by atoms with Crippen LogP contribution in [0.3, 0.4) is 0 Å². The first-order valence-corrected chi connectivity index (χ1v) is 5.95. The van der Waals surface area contributed by atoms with E-state index in [0.29, 0.717) is 0 Å². The Kier molecular flexibility index (Phi) is 3.86. The monoisotopic (exact) mass is 209 g/mol. The molecule has 0 amide bonds. The minimum Gasteiger partial charge on any atom is -0.393 e. The van der Waals surface area contributed by atoms with E-state index in [1.54, 1.807) is 14.2 Å². The molecule has 0 spiro atoms. The molecule has 0 heterocycles. The van der Waals surface area contributed by atoms with Crippen molar-refractivity contribution in [2.24, 2.45) is 0 Å². The van der Waals surface area contributed by atoms with Crippen molar-refractivity contribution < 1.29 is 8.85 Å². The normalized spacial score (nSPS) is 11.0. The summed E-state index contributed by atoms with van der Waals surface area (Å²) < 4.78 is 10.7. The highest BCUT2D eigenvalue weighted by Crippen LogP contribution is 2.10. The maximum absolute atomic E-state index is 5.34. The smallest absolute Gasteiger partial charge is 0.393 e. The van der Waals surface area contributed by atoms with Crippen LogP contribution in [-0.2, 0) is 8.85 Å². The lowest BCUT2D eigenvalue weighted by Crippen LogP contribution is -2.37. The fourth-order valence-corrected chi connectivity index (χ4v) is 2.80. The van der Waals surface area contributed by atoms with Crippen LogP contribution < -0.4 is 5.19 Å². The lowest BCUT2D eigenvalue weighted by molar-refractivity contribution is 0.291. The average molecular weight is 209 g/mol. The Morgan fingerprint density at radius 2 is 1.50 bits per heavy atom. The predicted molar refractivity (Wildman–Crippen MR) is 60.1 cm³/mol. The van der Waals surface area contributed by atoms with Gasteiger partial charge in [-0.25, -0.2) is 0 Å². The fourth-order valence-electron chi connectivity index (χ4n) is 1.48. The third kappa shape index (κ3) is 2.05. The zero-order valence-electron chi connectivity index (χ0n) is 9.47. The van der Waals surface area contributed by atoms with Crippen LogP contribution in [0.5, 0.6) is 0 Å². The van der Waals surface area contributed by atoms with Crippen molar-refractivity contribution in [2.75, 3.05) is 14.2 Å². The minimum atomic E-state index is -1.27. The zero-order chi connectivity index (χ0) is 10.7. The first-order chi connectivity index (χ1) is 6.61. The van der Waals surface area contributed by atoms with Crippen LogP contribution in [0.15, 0.2) is 12.1 Å². The molecule has 0 fully saturated rings. The molecule has 14 heavy (non-hydrogen) atoms. The maximum Gasteiger partial charge on any atom is 0.423 e. The van der Waals surface area contributed by atoms with E-state index in [0.717, 1.165) is 0 Å². The van der Waals surface area contributed by atoms with Crippen LogP contribution in [-0.4, -0.2) is 23.5 Å². The predicted octanol–water partition coefficient (Wildman–Crippen LogP) is 1.60. The van der Waals surface area contributed by atoms with E-state index >= 15 is 0 Å². The van der Waals surface area contributed by atoms with Crippen molar-refractivity contribution in [2.45, 2.75) is 20.8 Å². The first kappa shape index (κ1) is 11.4. The van der Waals surface area contributed by atoms with Gasteiger partial charge in [0.25, 0.3) is 0 Å². The van der Waals surface area contributed by atoms with Gasteiger partial charge in [-0.05, 0) is 42.6 Å². The molecule has 2 nitrogen and oxygen atoms in total. The topological polar surface area (TPSA) is 18.5 Å². The van der Waals surface area contributed by atoms with Crippen LogP contribution in [0.1, 0.15) is 16.7 Å². The van der Waals surface area contributed by atoms with Gasteiger partial charge in [0.05, 0.1) is 0 Å². The van der Waals surface area contributed by atoms with Crippen molar-refractivity contribution in [1.82, 2.24) is 0 Å². The molecule has 0 saturated carbocycles. The molecule has 77 valence electrons. The van der Waals surface area contributed by atoms with Gasteiger partial charge in [0, 0.05) is 14.2 Å². The van der Waals surface area contributed by atoms with Gasteiger partial charge in [0.15, 0.2) is 0 Å². The number of benzene rings is 1. The summed E-state index contributed by atoms with van der Waals surface area (Å²) in [4.78, 5) is 0. The molecule has 0 aliphatic heterocycles. The molecule has 0 bridgehead atoms. The third-order valence-electron chi connectivity index (χ3n) is 2.65. The Morgan fingerprint density at radius 3 is 2.00 bits per heavy atom. The quantitative estimate of drug-likeness (QED) is 0.704. The number of aryl methyl sites for hydroxylation is 1.